The lowest BCUT2D eigenvalue weighted by molar-refractivity contribution is 0.0584. The molecule has 1 aliphatic rings. The summed E-state index contributed by atoms with van der Waals surface area (Å²) in [5, 5.41) is 0. The second-order valence-electron chi connectivity index (χ2n) is 4.92. The molecule has 1 heterocycles. The summed E-state index contributed by atoms with van der Waals surface area (Å²) in [5.41, 5.74) is 5.99. The molecule has 104 valence electrons. The molecule has 0 unspecified atom stereocenters. The fourth-order valence-electron chi connectivity index (χ4n) is 2.23. The highest BCUT2D eigenvalue weighted by atomic mass is 16.5. The maximum absolute atomic E-state index is 11.3. The van der Waals surface area contributed by atoms with E-state index in [1.54, 1.807) is 6.07 Å². The highest BCUT2D eigenvalue weighted by Crippen LogP contribution is 2.26. The molecule has 0 amide bonds. The summed E-state index contributed by atoms with van der Waals surface area (Å²) in [6.45, 7) is 0.407. The summed E-state index contributed by atoms with van der Waals surface area (Å²) in [6.07, 6.45) is 6.90. The van der Waals surface area contributed by atoms with Crippen LogP contribution in [0.4, 0.5) is 0 Å². The van der Waals surface area contributed by atoms with E-state index in [4.69, 9.17) is 10.5 Å². The molecule has 0 atom stereocenters. The fraction of sp³-hybridized carbons (Fsp3) is 0.615. The Morgan fingerprint density at radius 3 is 2.84 bits per heavy atom. The Labute approximate surface area is 112 Å². The van der Waals surface area contributed by atoms with Crippen LogP contribution in [-0.4, -0.2) is 35.2 Å². The van der Waals surface area contributed by atoms with Gasteiger partial charge in [0.2, 0.25) is 11.7 Å². The van der Waals surface area contributed by atoms with Crippen LogP contribution < -0.4 is 10.5 Å². The van der Waals surface area contributed by atoms with Crippen LogP contribution in [-0.2, 0) is 4.74 Å². The molecule has 1 aromatic rings. The molecule has 19 heavy (non-hydrogen) atoms. The van der Waals surface area contributed by atoms with Crippen molar-refractivity contribution in [3.63, 3.8) is 0 Å². The van der Waals surface area contributed by atoms with Crippen LogP contribution in [0.15, 0.2) is 12.3 Å². The van der Waals surface area contributed by atoms with Gasteiger partial charge in [0, 0.05) is 12.3 Å². The van der Waals surface area contributed by atoms with Crippen LogP contribution in [0.5, 0.6) is 5.88 Å². The van der Waals surface area contributed by atoms with Gasteiger partial charge in [-0.1, -0.05) is 19.3 Å². The van der Waals surface area contributed by atoms with Crippen LogP contribution in [0.1, 0.15) is 42.7 Å². The molecule has 0 spiro atoms. The molecule has 0 bridgehead atoms. The maximum Gasteiger partial charge on any atom is 0.376 e. The second-order valence-corrected chi connectivity index (χ2v) is 4.92. The third kappa shape index (κ3) is 3.64. The molecule has 1 saturated carbocycles. The predicted octanol–water partition coefficient (Wildman–Crippen LogP) is 1.30. The van der Waals surface area contributed by atoms with Crippen molar-refractivity contribution in [2.45, 2.75) is 37.6 Å². The first-order valence-electron chi connectivity index (χ1n) is 6.46. The first-order chi connectivity index (χ1) is 9.13. The number of hydrogen-bond donors (Lipinski definition) is 1. The average Bonchev–Trinajstić information content (AvgIpc) is 2.45. The van der Waals surface area contributed by atoms with Crippen molar-refractivity contribution in [2.24, 2.45) is 5.73 Å². The Bertz CT molecular complexity index is 445. The van der Waals surface area contributed by atoms with Crippen molar-refractivity contribution < 1.29 is 14.3 Å². The number of ether oxygens (including phenoxy) is 2. The van der Waals surface area contributed by atoms with Crippen molar-refractivity contribution in [1.82, 2.24) is 9.97 Å². The summed E-state index contributed by atoms with van der Waals surface area (Å²) < 4.78 is 10.2. The molecule has 1 aliphatic carbocycles. The number of aromatic nitrogens is 2. The SMILES string of the molecule is COC(=O)c1nccc(OCC2(N)CCCCC2)n1. The Hall–Kier alpha value is -1.69. The molecule has 0 aromatic carbocycles. The van der Waals surface area contributed by atoms with Gasteiger partial charge in [-0.05, 0) is 12.8 Å². The zero-order chi connectivity index (χ0) is 13.7. The van der Waals surface area contributed by atoms with E-state index in [9.17, 15) is 4.79 Å². The van der Waals surface area contributed by atoms with E-state index in [-0.39, 0.29) is 11.4 Å². The van der Waals surface area contributed by atoms with Crippen molar-refractivity contribution in [1.29, 1.82) is 0 Å². The number of nitrogens with zero attached hydrogens (tertiary/aromatic N) is 2. The smallest absolute Gasteiger partial charge is 0.376 e. The van der Waals surface area contributed by atoms with Gasteiger partial charge in [0.25, 0.3) is 0 Å². The third-order valence-corrected chi connectivity index (χ3v) is 3.35. The molecule has 1 aromatic heterocycles. The molecule has 6 heteroatoms. The number of hydrogen-bond acceptors (Lipinski definition) is 6. The van der Waals surface area contributed by atoms with Gasteiger partial charge in [-0.2, -0.15) is 4.98 Å². The number of rotatable bonds is 4. The minimum Gasteiger partial charge on any atom is -0.476 e. The van der Waals surface area contributed by atoms with Crippen LogP contribution >= 0.6 is 0 Å². The molecule has 6 nitrogen and oxygen atoms in total. The fourth-order valence-corrected chi connectivity index (χ4v) is 2.23. The van der Waals surface area contributed by atoms with Gasteiger partial charge in [-0.3, -0.25) is 0 Å². The van der Waals surface area contributed by atoms with Gasteiger partial charge >= 0.3 is 5.97 Å². The van der Waals surface area contributed by atoms with Crippen molar-refractivity contribution in [3.05, 3.63) is 18.1 Å². The molecular formula is C13H19N3O3. The van der Waals surface area contributed by atoms with E-state index in [0.717, 1.165) is 25.7 Å². The number of esters is 1. The van der Waals surface area contributed by atoms with E-state index in [1.807, 2.05) is 0 Å². The minimum atomic E-state index is -0.578. The van der Waals surface area contributed by atoms with Crippen molar-refractivity contribution >= 4 is 5.97 Å². The molecule has 0 saturated heterocycles. The molecule has 1 fully saturated rings. The number of methoxy groups -OCH3 is 1. The lowest BCUT2D eigenvalue weighted by Gasteiger charge is -2.32. The first-order valence-corrected chi connectivity index (χ1v) is 6.46. The first kappa shape index (κ1) is 13.7. The highest BCUT2D eigenvalue weighted by Gasteiger charge is 2.28. The quantitative estimate of drug-likeness (QED) is 0.826. The monoisotopic (exact) mass is 265 g/mol. The van der Waals surface area contributed by atoms with Crippen LogP contribution in [0.2, 0.25) is 0 Å². The lowest BCUT2D eigenvalue weighted by Crippen LogP contribution is -2.47. The number of nitrogens with two attached hydrogens (primary N) is 1. The van der Waals surface area contributed by atoms with Crippen LogP contribution in [0, 0.1) is 0 Å². The molecule has 0 aliphatic heterocycles. The predicted molar refractivity (Wildman–Crippen MR) is 68.9 cm³/mol. The Morgan fingerprint density at radius 2 is 2.16 bits per heavy atom. The normalized spacial score (nSPS) is 17.8. The Balaban J connectivity index is 1.97. The average molecular weight is 265 g/mol. The summed E-state index contributed by atoms with van der Waals surface area (Å²) in [4.78, 5) is 19.1. The van der Waals surface area contributed by atoms with E-state index in [2.05, 4.69) is 14.7 Å². The Morgan fingerprint density at radius 1 is 1.42 bits per heavy atom. The van der Waals surface area contributed by atoms with Gasteiger partial charge in [0.05, 0.1) is 12.6 Å². The van der Waals surface area contributed by atoms with Gasteiger partial charge in [-0.15, -0.1) is 0 Å². The second kappa shape index (κ2) is 5.97. The standard InChI is InChI=1S/C13H19N3O3/c1-18-12(17)11-15-8-5-10(16-11)19-9-13(14)6-3-2-4-7-13/h5,8H,2-4,6-7,9,14H2,1H3. The van der Waals surface area contributed by atoms with Crippen LogP contribution in [0.25, 0.3) is 0 Å². The highest BCUT2D eigenvalue weighted by molar-refractivity contribution is 5.84. The van der Waals surface area contributed by atoms with Gasteiger partial charge < -0.3 is 15.2 Å². The van der Waals surface area contributed by atoms with E-state index >= 15 is 0 Å². The summed E-state index contributed by atoms with van der Waals surface area (Å²) in [7, 11) is 1.29. The Kier molecular flexibility index (Phi) is 4.31. The topological polar surface area (TPSA) is 87.3 Å². The van der Waals surface area contributed by atoms with E-state index in [0.29, 0.717) is 12.5 Å². The zero-order valence-electron chi connectivity index (χ0n) is 11.1. The largest absolute Gasteiger partial charge is 0.476 e. The minimum absolute atomic E-state index is 0.00489. The third-order valence-electron chi connectivity index (χ3n) is 3.35. The molecular weight excluding hydrogens is 246 g/mol. The molecule has 0 radical (unpaired) electrons. The molecule has 2 N–H and O–H groups in total. The number of carbonyl (C=O) groups excluding carboxylic acids is 1. The van der Waals surface area contributed by atoms with Gasteiger partial charge in [-0.25, -0.2) is 9.78 Å². The molecule has 2 rings (SSSR count). The van der Waals surface area contributed by atoms with E-state index < -0.39 is 5.97 Å². The maximum atomic E-state index is 11.3. The lowest BCUT2D eigenvalue weighted by atomic mass is 9.83. The van der Waals surface area contributed by atoms with Crippen LogP contribution in [0.3, 0.4) is 0 Å². The summed E-state index contributed by atoms with van der Waals surface area (Å²) in [6, 6.07) is 1.61. The zero-order valence-corrected chi connectivity index (χ0v) is 11.1. The van der Waals surface area contributed by atoms with Gasteiger partial charge in [0.15, 0.2) is 0 Å². The van der Waals surface area contributed by atoms with E-state index in [1.165, 1.54) is 19.7 Å². The number of carbonyl (C=O) groups is 1. The summed E-state index contributed by atoms with van der Waals surface area (Å²) >= 11 is 0. The summed E-state index contributed by atoms with van der Waals surface area (Å²) in [5.74, 6) is -0.230. The van der Waals surface area contributed by atoms with Crippen molar-refractivity contribution in [2.75, 3.05) is 13.7 Å². The van der Waals surface area contributed by atoms with Gasteiger partial charge in [0.1, 0.15) is 6.61 Å². The van der Waals surface area contributed by atoms with Crippen molar-refractivity contribution in [3.8, 4) is 5.88 Å².